The minimum Gasteiger partial charge on any atom is -0.481 e. The van der Waals surface area contributed by atoms with Gasteiger partial charge in [-0.05, 0) is 13.8 Å². The minimum atomic E-state index is -1.40. The van der Waals surface area contributed by atoms with E-state index in [1.165, 1.54) is 13.8 Å². The second kappa shape index (κ2) is 5.81. The molecule has 0 saturated carbocycles. The summed E-state index contributed by atoms with van der Waals surface area (Å²) in [6.07, 6.45) is 0. The Morgan fingerprint density at radius 3 is 2.38 bits per heavy atom. The third kappa shape index (κ3) is 3.71. The Kier molecular flexibility index (Phi) is 4.56. The van der Waals surface area contributed by atoms with E-state index >= 15 is 0 Å². The zero-order valence-corrected chi connectivity index (χ0v) is 11.1. The third-order valence-electron chi connectivity index (χ3n) is 2.75. The first-order chi connectivity index (χ1) is 9.56. The highest BCUT2D eigenvalue weighted by molar-refractivity contribution is 5.95. The van der Waals surface area contributed by atoms with E-state index in [2.05, 4.69) is 5.32 Å². The maximum absolute atomic E-state index is 13.5. The molecule has 0 atom stereocenters. The largest absolute Gasteiger partial charge is 0.481 e. The van der Waals surface area contributed by atoms with Gasteiger partial charge >= 0.3 is 11.7 Å². The fourth-order valence-corrected chi connectivity index (χ4v) is 1.32. The molecule has 0 unspecified atom stereocenters. The second-order valence-corrected chi connectivity index (χ2v) is 4.91. The smallest absolute Gasteiger partial charge is 0.310 e. The van der Waals surface area contributed by atoms with Crippen molar-refractivity contribution in [3.05, 3.63) is 39.4 Å². The van der Waals surface area contributed by atoms with E-state index in [1.807, 2.05) is 0 Å². The van der Waals surface area contributed by atoms with Crippen LogP contribution in [0.1, 0.15) is 24.2 Å². The summed E-state index contributed by atoms with van der Waals surface area (Å²) in [5.74, 6) is -4.93. The Bertz CT molecular complexity index is 616. The average Bonchev–Trinajstić information content (AvgIpc) is 2.35. The highest BCUT2D eigenvalue weighted by Crippen LogP contribution is 2.22. The van der Waals surface area contributed by atoms with Crippen molar-refractivity contribution in [2.45, 2.75) is 13.8 Å². The number of nitro groups is 1. The number of rotatable bonds is 5. The molecule has 7 nitrogen and oxygen atoms in total. The van der Waals surface area contributed by atoms with Crippen LogP contribution in [0.5, 0.6) is 0 Å². The Morgan fingerprint density at radius 1 is 1.33 bits per heavy atom. The summed E-state index contributed by atoms with van der Waals surface area (Å²) in [5, 5.41) is 21.6. The number of nitro benzene ring substituents is 1. The van der Waals surface area contributed by atoms with Gasteiger partial charge in [-0.25, -0.2) is 4.39 Å². The number of benzene rings is 1. The number of halogens is 2. The van der Waals surface area contributed by atoms with E-state index < -0.39 is 45.1 Å². The zero-order valence-electron chi connectivity index (χ0n) is 11.1. The lowest BCUT2D eigenvalue weighted by atomic mass is 9.94. The fraction of sp³-hybridized carbons (Fsp3) is 0.333. The number of hydrogen-bond donors (Lipinski definition) is 2. The van der Waals surface area contributed by atoms with Gasteiger partial charge in [0.1, 0.15) is 5.82 Å². The molecule has 0 fully saturated rings. The predicted molar refractivity (Wildman–Crippen MR) is 66.8 cm³/mol. The molecule has 0 aliphatic rings. The summed E-state index contributed by atoms with van der Waals surface area (Å²) in [5.41, 5.74) is -3.08. The lowest BCUT2D eigenvalue weighted by molar-refractivity contribution is -0.387. The number of carboxylic acid groups (broad SMARTS) is 1. The summed E-state index contributed by atoms with van der Waals surface area (Å²) in [7, 11) is 0. The van der Waals surface area contributed by atoms with E-state index in [0.717, 1.165) is 0 Å². The summed E-state index contributed by atoms with van der Waals surface area (Å²) < 4.78 is 26.6. The van der Waals surface area contributed by atoms with Crippen LogP contribution in [-0.2, 0) is 4.79 Å². The first-order valence-corrected chi connectivity index (χ1v) is 5.71. The summed E-state index contributed by atoms with van der Waals surface area (Å²) in [4.78, 5) is 32.1. The van der Waals surface area contributed by atoms with Crippen molar-refractivity contribution >= 4 is 17.6 Å². The van der Waals surface area contributed by atoms with Crippen LogP contribution in [-0.4, -0.2) is 28.5 Å². The molecule has 1 aromatic carbocycles. The van der Waals surface area contributed by atoms with Gasteiger partial charge in [0.25, 0.3) is 5.91 Å². The Hall–Kier alpha value is -2.58. The Balaban J connectivity index is 3.01. The predicted octanol–water partition coefficient (Wildman–Crippen LogP) is 1.71. The first kappa shape index (κ1) is 16.5. The van der Waals surface area contributed by atoms with Crippen LogP contribution in [0.15, 0.2) is 12.1 Å². The van der Waals surface area contributed by atoms with E-state index in [9.17, 15) is 28.5 Å². The Morgan fingerprint density at radius 2 is 1.90 bits per heavy atom. The molecule has 1 amide bonds. The van der Waals surface area contributed by atoms with Crippen molar-refractivity contribution in [3.63, 3.8) is 0 Å². The van der Waals surface area contributed by atoms with E-state index in [1.54, 1.807) is 0 Å². The van der Waals surface area contributed by atoms with Gasteiger partial charge in [-0.1, -0.05) is 0 Å². The van der Waals surface area contributed by atoms with Crippen LogP contribution in [0.2, 0.25) is 0 Å². The SMILES string of the molecule is CC(C)(CNC(=O)c1cc([N+](=O)[O-])c(F)cc1F)C(=O)O. The third-order valence-corrected chi connectivity index (χ3v) is 2.75. The van der Waals surface area contributed by atoms with Gasteiger partial charge in [0.15, 0.2) is 0 Å². The number of amides is 1. The maximum Gasteiger partial charge on any atom is 0.310 e. The lowest BCUT2D eigenvalue weighted by Crippen LogP contribution is -2.39. The number of nitrogens with zero attached hydrogens (tertiary/aromatic N) is 1. The van der Waals surface area contributed by atoms with Crippen LogP contribution in [0.3, 0.4) is 0 Å². The number of carbonyl (C=O) groups is 2. The molecule has 0 bridgehead atoms. The normalized spacial score (nSPS) is 11.0. The number of aliphatic carboxylic acids is 1. The van der Waals surface area contributed by atoms with Crippen molar-refractivity contribution in [1.82, 2.24) is 5.32 Å². The van der Waals surface area contributed by atoms with Gasteiger partial charge in [0, 0.05) is 18.7 Å². The highest BCUT2D eigenvalue weighted by atomic mass is 19.1. The quantitative estimate of drug-likeness (QED) is 0.635. The van der Waals surface area contributed by atoms with Crippen molar-refractivity contribution in [2.24, 2.45) is 5.41 Å². The highest BCUT2D eigenvalue weighted by Gasteiger charge is 2.29. The van der Waals surface area contributed by atoms with E-state index in [4.69, 9.17) is 5.11 Å². The van der Waals surface area contributed by atoms with Gasteiger partial charge in [-0.15, -0.1) is 0 Å². The molecule has 114 valence electrons. The maximum atomic E-state index is 13.5. The van der Waals surface area contributed by atoms with Crippen molar-refractivity contribution in [1.29, 1.82) is 0 Å². The first-order valence-electron chi connectivity index (χ1n) is 5.71. The van der Waals surface area contributed by atoms with E-state index in [-0.39, 0.29) is 12.6 Å². The molecule has 21 heavy (non-hydrogen) atoms. The molecule has 0 saturated heterocycles. The molecule has 9 heteroatoms. The topological polar surface area (TPSA) is 110 Å². The molecule has 0 spiro atoms. The summed E-state index contributed by atoms with van der Waals surface area (Å²) in [6, 6.07) is 0.698. The second-order valence-electron chi connectivity index (χ2n) is 4.91. The van der Waals surface area contributed by atoms with Crippen molar-refractivity contribution in [2.75, 3.05) is 6.54 Å². The van der Waals surface area contributed by atoms with Gasteiger partial charge in [-0.2, -0.15) is 4.39 Å². The van der Waals surface area contributed by atoms with Crippen LogP contribution < -0.4 is 5.32 Å². The summed E-state index contributed by atoms with van der Waals surface area (Å²) in [6.45, 7) is 2.34. The number of hydrogen-bond acceptors (Lipinski definition) is 4. The Labute approximate surface area is 117 Å². The molecule has 1 rings (SSSR count). The number of carboxylic acids is 1. The molecule has 0 heterocycles. The van der Waals surface area contributed by atoms with Crippen molar-refractivity contribution < 1.29 is 28.4 Å². The van der Waals surface area contributed by atoms with Crippen LogP contribution in [0, 0.1) is 27.2 Å². The van der Waals surface area contributed by atoms with Crippen LogP contribution in [0.25, 0.3) is 0 Å². The zero-order chi connectivity index (χ0) is 16.4. The molecule has 0 aliphatic heterocycles. The molecule has 0 radical (unpaired) electrons. The van der Waals surface area contributed by atoms with E-state index in [0.29, 0.717) is 6.07 Å². The van der Waals surface area contributed by atoms with Gasteiger partial charge < -0.3 is 10.4 Å². The van der Waals surface area contributed by atoms with Gasteiger partial charge in [0.05, 0.1) is 15.9 Å². The van der Waals surface area contributed by atoms with Crippen molar-refractivity contribution in [3.8, 4) is 0 Å². The molecular formula is C12H12F2N2O5. The van der Waals surface area contributed by atoms with Crippen LogP contribution >= 0.6 is 0 Å². The average molecular weight is 302 g/mol. The monoisotopic (exact) mass is 302 g/mol. The minimum absolute atomic E-state index is 0.232. The lowest BCUT2D eigenvalue weighted by Gasteiger charge is -2.19. The molecular weight excluding hydrogens is 290 g/mol. The fourth-order valence-electron chi connectivity index (χ4n) is 1.32. The molecule has 2 N–H and O–H groups in total. The molecule has 1 aromatic rings. The molecule has 0 aliphatic carbocycles. The van der Waals surface area contributed by atoms with Gasteiger partial charge in [-0.3, -0.25) is 19.7 Å². The van der Waals surface area contributed by atoms with Gasteiger partial charge in [0.2, 0.25) is 5.82 Å². The van der Waals surface area contributed by atoms with Crippen LogP contribution in [0.4, 0.5) is 14.5 Å². The number of nitrogens with one attached hydrogen (secondary N) is 1. The molecule has 0 aromatic heterocycles. The number of carbonyl (C=O) groups excluding carboxylic acids is 1. The summed E-state index contributed by atoms with van der Waals surface area (Å²) >= 11 is 0. The standard InChI is InChI=1S/C12H12F2N2O5/c1-12(2,11(18)19)5-15-10(17)6-3-9(16(20)21)8(14)4-7(6)13/h3-4H,5H2,1-2H3,(H,15,17)(H,18,19).